The van der Waals surface area contributed by atoms with Gasteiger partial charge in [-0.1, -0.05) is 19.3 Å². The predicted octanol–water partition coefficient (Wildman–Crippen LogP) is 0.806. The van der Waals surface area contributed by atoms with E-state index in [9.17, 15) is 14.4 Å². The molecule has 0 atom stereocenters. The van der Waals surface area contributed by atoms with E-state index in [1.165, 1.54) is 0 Å². The average Bonchev–Trinajstić information content (AvgIpc) is 2.41. The van der Waals surface area contributed by atoms with Gasteiger partial charge in [0.25, 0.3) is 0 Å². The van der Waals surface area contributed by atoms with Crippen LogP contribution in [0.25, 0.3) is 0 Å². The topological polar surface area (TPSA) is 131 Å². The number of carboxylic acid groups (broad SMARTS) is 1. The fraction of sp³-hybridized carbons (Fsp3) is 0.769. The van der Waals surface area contributed by atoms with Gasteiger partial charge >= 0.3 is 18.1 Å². The second kappa shape index (κ2) is 8.33. The van der Waals surface area contributed by atoms with Crippen LogP contribution in [0.4, 0.5) is 9.59 Å². The van der Waals surface area contributed by atoms with Crippen molar-refractivity contribution < 1.29 is 24.2 Å². The van der Waals surface area contributed by atoms with Crippen LogP contribution >= 0.6 is 0 Å². The molecule has 1 rings (SSSR count). The summed E-state index contributed by atoms with van der Waals surface area (Å²) in [6.45, 7) is 0.492. The summed E-state index contributed by atoms with van der Waals surface area (Å²) in [5.74, 6) is -0.839. The van der Waals surface area contributed by atoms with Crippen molar-refractivity contribution in [3.8, 4) is 0 Å². The van der Waals surface area contributed by atoms with Gasteiger partial charge in [-0.2, -0.15) is 0 Å². The number of carboxylic acids is 1. The molecule has 1 saturated carbocycles. The normalized spacial score (nSPS) is 16.8. The van der Waals surface area contributed by atoms with Gasteiger partial charge in [-0.15, -0.1) is 0 Å². The second-order valence-corrected chi connectivity index (χ2v) is 5.41. The van der Waals surface area contributed by atoms with Gasteiger partial charge in [-0.25, -0.2) is 9.59 Å². The van der Waals surface area contributed by atoms with Crippen LogP contribution in [0.1, 0.15) is 38.5 Å². The van der Waals surface area contributed by atoms with E-state index in [2.05, 4.69) is 15.4 Å². The number of amides is 3. The number of hydrogen-bond acceptors (Lipinski definition) is 4. The van der Waals surface area contributed by atoms with E-state index in [0.717, 1.165) is 32.1 Å². The number of rotatable bonds is 7. The van der Waals surface area contributed by atoms with E-state index in [4.69, 9.17) is 10.8 Å². The number of primary amides is 1. The van der Waals surface area contributed by atoms with Crippen molar-refractivity contribution in [2.45, 2.75) is 38.5 Å². The van der Waals surface area contributed by atoms with Gasteiger partial charge in [0.05, 0.1) is 13.0 Å². The maximum absolute atomic E-state index is 11.6. The third kappa shape index (κ3) is 6.82. The Bertz CT molecular complexity index is 380. The van der Waals surface area contributed by atoms with Crippen molar-refractivity contribution in [3.63, 3.8) is 0 Å². The van der Waals surface area contributed by atoms with Crippen molar-refractivity contribution in [2.75, 3.05) is 19.7 Å². The molecule has 0 heterocycles. The molecule has 3 amide bonds. The molecule has 0 aromatic rings. The summed E-state index contributed by atoms with van der Waals surface area (Å²) >= 11 is 0. The van der Waals surface area contributed by atoms with Crippen molar-refractivity contribution in [1.29, 1.82) is 0 Å². The number of carbonyl (C=O) groups excluding carboxylic acids is 2. The summed E-state index contributed by atoms with van der Waals surface area (Å²) in [5.41, 5.74) is 4.43. The Balaban J connectivity index is 2.33. The van der Waals surface area contributed by atoms with Gasteiger partial charge < -0.3 is 26.2 Å². The lowest BCUT2D eigenvalue weighted by atomic mass is 9.72. The van der Waals surface area contributed by atoms with Crippen LogP contribution < -0.4 is 16.4 Å². The van der Waals surface area contributed by atoms with Gasteiger partial charge in [-0.3, -0.25) is 4.79 Å². The second-order valence-electron chi connectivity index (χ2n) is 5.41. The van der Waals surface area contributed by atoms with E-state index in [1.54, 1.807) is 0 Å². The van der Waals surface area contributed by atoms with Gasteiger partial charge in [0, 0.05) is 6.54 Å². The molecule has 0 aromatic heterocycles. The fourth-order valence-electron chi connectivity index (χ4n) is 2.69. The minimum atomic E-state index is -0.889. The first-order valence-electron chi connectivity index (χ1n) is 7.09. The monoisotopic (exact) mass is 301 g/mol. The molecule has 0 spiro atoms. The molecule has 120 valence electrons. The molecule has 8 heteroatoms. The Morgan fingerprint density at radius 1 is 1.14 bits per heavy atom. The van der Waals surface area contributed by atoms with E-state index >= 15 is 0 Å². The molecule has 8 nitrogen and oxygen atoms in total. The van der Waals surface area contributed by atoms with Gasteiger partial charge in [-0.05, 0) is 18.3 Å². The first kappa shape index (κ1) is 17.1. The number of urea groups is 1. The predicted molar refractivity (Wildman–Crippen MR) is 74.7 cm³/mol. The molecule has 1 aliphatic carbocycles. The largest absolute Gasteiger partial charge is 0.481 e. The smallest absolute Gasteiger partial charge is 0.404 e. The highest BCUT2D eigenvalue weighted by atomic mass is 16.5. The molecule has 5 N–H and O–H groups in total. The highest BCUT2D eigenvalue weighted by Gasteiger charge is 2.34. The van der Waals surface area contributed by atoms with Crippen LogP contribution in [0.15, 0.2) is 0 Å². The van der Waals surface area contributed by atoms with Gasteiger partial charge in [0.2, 0.25) is 0 Å². The Morgan fingerprint density at radius 2 is 1.81 bits per heavy atom. The van der Waals surface area contributed by atoms with Crippen molar-refractivity contribution in [1.82, 2.24) is 10.6 Å². The maximum Gasteiger partial charge on any atom is 0.404 e. The quantitative estimate of drug-likeness (QED) is 0.517. The fourth-order valence-corrected chi connectivity index (χ4v) is 2.69. The van der Waals surface area contributed by atoms with Crippen molar-refractivity contribution >= 4 is 18.1 Å². The standard InChI is InChI=1S/C13H23N3O5/c14-11(19)21-7-6-15-12(20)16-9-13(8-10(17)18)4-2-1-3-5-13/h1-9H2,(H2,14,19)(H,17,18)(H2,15,16,20). The lowest BCUT2D eigenvalue weighted by Crippen LogP contribution is -2.45. The number of nitrogens with two attached hydrogens (primary N) is 1. The van der Waals surface area contributed by atoms with Gasteiger partial charge in [0.1, 0.15) is 6.61 Å². The van der Waals surface area contributed by atoms with E-state index in [0.29, 0.717) is 6.54 Å². The van der Waals surface area contributed by atoms with E-state index in [-0.39, 0.29) is 25.0 Å². The summed E-state index contributed by atoms with van der Waals surface area (Å²) in [7, 11) is 0. The van der Waals surface area contributed by atoms with Crippen LogP contribution in [0.2, 0.25) is 0 Å². The third-order valence-electron chi connectivity index (χ3n) is 3.70. The minimum absolute atomic E-state index is 0.00300. The molecular weight excluding hydrogens is 278 g/mol. The molecule has 1 fully saturated rings. The summed E-state index contributed by atoms with van der Waals surface area (Å²) in [4.78, 5) is 33.0. The molecule has 0 aromatic carbocycles. The molecule has 0 radical (unpaired) electrons. The van der Waals surface area contributed by atoms with Crippen LogP contribution in [0.3, 0.4) is 0 Å². The lowest BCUT2D eigenvalue weighted by Gasteiger charge is -2.36. The SMILES string of the molecule is NC(=O)OCCNC(=O)NCC1(CC(=O)O)CCCCC1. The van der Waals surface area contributed by atoms with Crippen LogP contribution in [0, 0.1) is 5.41 Å². The van der Waals surface area contributed by atoms with Crippen LogP contribution in [-0.4, -0.2) is 42.9 Å². The number of hydrogen-bond donors (Lipinski definition) is 4. The molecule has 1 aliphatic rings. The Hall–Kier alpha value is -1.99. The lowest BCUT2D eigenvalue weighted by molar-refractivity contribution is -0.140. The number of aliphatic carboxylic acids is 1. The average molecular weight is 301 g/mol. The molecule has 0 unspecified atom stereocenters. The maximum atomic E-state index is 11.6. The molecule has 21 heavy (non-hydrogen) atoms. The summed E-state index contributed by atoms with van der Waals surface area (Å²) in [5, 5.41) is 14.3. The van der Waals surface area contributed by atoms with E-state index in [1.807, 2.05) is 0 Å². The zero-order valence-electron chi connectivity index (χ0n) is 12.0. The minimum Gasteiger partial charge on any atom is -0.481 e. The summed E-state index contributed by atoms with van der Waals surface area (Å²) < 4.78 is 4.48. The summed E-state index contributed by atoms with van der Waals surface area (Å²) in [6, 6.07) is -0.404. The highest BCUT2D eigenvalue weighted by molar-refractivity contribution is 5.74. The Labute approximate surface area is 123 Å². The molecule has 0 saturated heterocycles. The Morgan fingerprint density at radius 3 is 2.38 bits per heavy atom. The van der Waals surface area contributed by atoms with Gasteiger partial charge in [0.15, 0.2) is 0 Å². The number of carbonyl (C=O) groups is 3. The van der Waals surface area contributed by atoms with Crippen LogP contribution in [-0.2, 0) is 9.53 Å². The first-order valence-corrected chi connectivity index (χ1v) is 7.09. The third-order valence-corrected chi connectivity index (χ3v) is 3.70. The van der Waals surface area contributed by atoms with Crippen molar-refractivity contribution in [2.24, 2.45) is 11.1 Å². The van der Waals surface area contributed by atoms with Crippen molar-refractivity contribution in [3.05, 3.63) is 0 Å². The Kier molecular flexibility index (Phi) is 6.77. The highest BCUT2D eigenvalue weighted by Crippen LogP contribution is 2.38. The molecular formula is C13H23N3O5. The molecule has 0 bridgehead atoms. The molecule has 0 aliphatic heterocycles. The number of ether oxygens (including phenoxy) is 1. The summed E-state index contributed by atoms with van der Waals surface area (Å²) in [6.07, 6.45) is 3.89. The van der Waals surface area contributed by atoms with E-state index < -0.39 is 18.1 Å². The number of nitrogens with one attached hydrogen (secondary N) is 2. The van der Waals surface area contributed by atoms with Crippen LogP contribution in [0.5, 0.6) is 0 Å². The zero-order chi connectivity index (χ0) is 15.7. The zero-order valence-corrected chi connectivity index (χ0v) is 12.0. The first-order chi connectivity index (χ1) is 9.93.